The Balaban J connectivity index is 1.38. The molecule has 0 aliphatic carbocycles. The van der Waals surface area contributed by atoms with Crippen LogP contribution in [0.4, 0.5) is 5.69 Å². The van der Waals surface area contributed by atoms with Crippen molar-refractivity contribution in [2.75, 3.05) is 29.9 Å². The fraction of sp³-hybridized carbons (Fsp3) is 0.231. The van der Waals surface area contributed by atoms with E-state index in [0.29, 0.717) is 36.4 Å². The molecule has 3 aromatic rings. The first-order valence-corrected chi connectivity index (χ1v) is 12.6. The Labute approximate surface area is 194 Å². The van der Waals surface area contributed by atoms with Crippen molar-refractivity contribution >= 4 is 27.7 Å². The van der Waals surface area contributed by atoms with E-state index in [1.165, 1.54) is 0 Å². The zero-order valence-electron chi connectivity index (χ0n) is 18.5. The first-order chi connectivity index (χ1) is 15.8. The molecule has 4 rings (SSSR count). The summed E-state index contributed by atoms with van der Waals surface area (Å²) in [7, 11) is -2.88. The number of aryl methyl sites for hydroxylation is 1. The zero-order chi connectivity index (χ0) is 23.4. The molecule has 1 amide bonds. The van der Waals surface area contributed by atoms with Crippen LogP contribution in [-0.2, 0) is 16.4 Å². The van der Waals surface area contributed by atoms with E-state index in [9.17, 15) is 18.0 Å². The lowest BCUT2D eigenvalue weighted by molar-refractivity contribution is 0.102. The SMILES string of the molecule is Cc1ccc(C=O)cc1-c1ccc(C(=O)Nc2ccc(CN3CCS(=O)(=O)CC3)cc2)cc1. The van der Waals surface area contributed by atoms with E-state index in [4.69, 9.17) is 0 Å². The summed E-state index contributed by atoms with van der Waals surface area (Å²) in [5.41, 5.74) is 5.90. The Bertz CT molecular complexity index is 1250. The van der Waals surface area contributed by atoms with Gasteiger partial charge in [0.25, 0.3) is 5.91 Å². The molecule has 0 atom stereocenters. The number of carbonyl (C=O) groups excluding carboxylic acids is 2. The zero-order valence-corrected chi connectivity index (χ0v) is 19.3. The van der Waals surface area contributed by atoms with Crippen molar-refractivity contribution in [2.24, 2.45) is 0 Å². The Hall–Kier alpha value is -3.29. The molecule has 7 heteroatoms. The lowest BCUT2D eigenvalue weighted by atomic mass is 9.97. The van der Waals surface area contributed by atoms with Crippen molar-refractivity contribution in [2.45, 2.75) is 13.5 Å². The van der Waals surface area contributed by atoms with Crippen LogP contribution in [0.3, 0.4) is 0 Å². The predicted octanol–water partition coefficient (Wildman–Crippen LogP) is 3.96. The molecule has 0 aromatic heterocycles. The van der Waals surface area contributed by atoms with Gasteiger partial charge >= 0.3 is 0 Å². The third-order valence-electron chi connectivity index (χ3n) is 5.91. The van der Waals surface area contributed by atoms with Gasteiger partial charge in [-0.1, -0.05) is 36.4 Å². The lowest BCUT2D eigenvalue weighted by Gasteiger charge is -2.26. The number of amides is 1. The van der Waals surface area contributed by atoms with E-state index in [-0.39, 0.29) is 17.4 Å². The van der Waals surface area contributed by atoms with E-state index in [0.717, 1.165) is 28.5 Å². The standard InChI is InChI=1S/C26H26N2O4S/c1-19-2-3-21(18-29)16-25(19)22-6-8-23(9-7-22)26(30)27-24-10-4-20(5-11-24)17-28-12-14-33(31,32)15-13-28/h2-11,16,18H,12-15,17H2,1H3,(H,27,30). The molecule has 1 fully saturated rings. The molecular weight excluding hydrogens is 436 g/mol. The first-order valence-electron chi connectivity index (χ1n) is 10.8. The van der Waals surface area contributed by atoms with Crippen LogP contribution in [0, 0.1) is 6.92 Å². The predicted molar refractivity (Wildman–Crippen MR) is 130 cm³/mol. The Morgan fingerprint density at radius 2 is 1.64 bits per heavy atom. The maximum atomic E-state index is 12.7. The number of nitrogens with zero attached hydrogens (tertiary/aromatic N) is 1. The molecule has 3 aromatic carbocycles. The van der Waals surface area contributed by atoms with Crippen molar-refractivity contribution in [3.8, 4) is 11.1 Å². The van der Waals surface area contributed by atoms with Gasteiger partial charge in [0.05, 0.1) is 11.5 Å². The van der Waals surface area contributed by atoms with Gasteiger partial charge in [-0.2, -0.15) is 0 Å². The summed E-state index contributed by atoms with van der Waals surface area (Å²) in [5, 5.41) is 2.91. The van der Waals surface area contributed by atoms with Gasteiger partial charge < -0.3 is 5.32 Å². The molecule has 6 nitrogen and oxygen atoms in total. The van der Waals surface area contributed by atoms with E-state index in [1.54, 1.807) is 18.2 Å². The minimum Gasteiger partial charge on any atom is -0.322 e. The summed E-state index contributed by atoms with van der Waals surface area (Å²) in [4.78, 5) is 25.9. The van der Waals surface area contributed by atoms with Crippen LogP contribution >= 0.6 is 0 Å². The van der Waals surface area contributed by atoms with Gasteiger partial charge in [-0.15, -0.1) is 0 Å². The molecule has 0 unspecified atom stereocenters. The molecule has 1 aliphatic heterocycles. The highest BCUT2D eigenvalue weighted by Gasteiger charge is 2.21. The van der Waals surface area contributed by atoms with E-state index >= 15 is 0 Å². The van der Waals surface area contributed by atoms with Gasteiger partial charge in [-0.25, -0.2) is 8.42 Å². The summed E-state index contributed by atoms with van der Waals surface area (Å²) in [6.45, 7) is 3.78. The van der Waals surface area contributed by atoms with Gasteiger partial charge in [0.15, 0.2) is 9.84 Å². The monoisotopic (exact) mass is 462 g/mol. The fourth-order valence-corrected chi connectivity index (χ4v) is 5.17. The number of anilines is 1. The van der Waals surface area contributed by atoms with Crippen molar-refractivity contribution < 1.29 is 18.0 Å². The number of hydrogen-bond donors (Lipinski definition) is 1. The molecule has 0 radical (unpaired) electrons. The van der Waals surface area contributed by atoms with E-state index in [2.05, 4.69) is 10.2 Å². The second-order valence-corrected chi connectivity index (χ2v) is 10.7. The van der Waals surface area contributed by atoms with Gasteiger partial charge in [0.2, 0.25) is 0 Å². The highest BCUT2D eigenvalue weighted by Crippen LogP contribution is 2.25. The summed E-state index contributed by atoms with van der Waals surface area (Å²) in [5.74, 6) is 0.221. The molecule has 33 heavy (non-hydrogen) atoms. The van der Waals surface area contributed by atoms with E-state index in [1.807, 2.05) is 55.5 Å². The summed E-state index contributed by atoms with van der Waals surface area (Å²) in [6, 6.07) is 20.5. The molecule has 0 saturated carbocycles. The molecule has 1 N–H and O–H groups in total. The number of rotatable bonds is 6. The Kier molecular flexibility index (Phi) is 6.72. The van der Waals surface area contributed by atoms with Gasteiger partial charge in [0.1, 0.15) is 6.29 Å². The summed E-state index contributed by atoms with van der Waals surface area (Å²) >= 11 is 0. The number of hydrogen-bond acceptors (Lipinski definition) is 5. The normalized spacial score (nSPS) is 15.7. The Morgan fingerprint density at radius 1 is 0.970 bits per heavy atom. The fourth-order valence-electron chi connectivity index (χ4n) is 3.89. The minimum absolute atomic E-state index is 0.200. The number of benzene rings is 3. The van der Waals surface area contributed by atoms with Crippen molar-refractivity contribution in [1.29, 1.82) is 0 Å². The maximum absolute atomic E-state index is 12.7. The second-order valence-electron chi connectivity index (χ2n) is 8.35. The van der Waals surface area contributed by atoms with Crippen molar-refractivity contribution in [3.05, 3.63) is 89.0 Å². The third kappa shape index (κ3) is 5.74. The van der Waals surface area contributed by atoms with Crippen LogP contribution in [0.25, 0.3) is 11.1 Å². The van der Waals surface area contributed by atoms with Crippen LogP contribution in [0.2, 0.25) is 0 Å². The van der Waals surface area contributed by atoms with E-state index < -0.39 is 9.84 Å². The quantitative estimate of drug-likeness (QED) is 0.561. The molecule has 1 saturated heterocycles. The van der Waals surface area contributed by atoms with Crippen molar-refractivity contribution in [3.63, 3.8) is 0 Å². The van der Waals surface area contributed by atoms with Crippen LogP contribution in [0.5, 0.6) is 0 Å². The number of sulfone groups is 1. The highest BCUT2D eigenvalue weighted by atomic mass is 32.2. The molecule has 170 valence electrons. The van der Waals surface area contributed by atoms with Gasteiger partial charge in [0, 0.05) is 36.4 Å². The van der Waals surface area contributed by atoms with Gasteiger partial charge in [-0.3, -0.25) is 14.5 Å². The summed E-state index contributed by atoms with van der Waals surface area (Å²) in [6.07, 6.45) is 0.826. The van der Waals surface area contributed by atoms with Crippen LogP contribution in [0.1, 0.15) is 31.8 Å². The molecule has 1 heterocycles. The second kappa shape index (κ2) is 9.68. The van der Waals surface area contributed by atoms with Gasteiger partial charge in [-0.05, 0) is 59.5 Å². The molecule has 0 bridgehead atoms. The van der Waals surface area contributed by atoms with Crippen LogP contribution in [0.15, 0.2) is 66.7 Å². The molecule has 1 aliphatic rings. The smallest absolute Gasteiger partial charge is 0.255 e. The molecule has 0 spiro atoms. The number of carbonyl (C=O) groups is 2. The lowest BCUT2D eigenvalue weighted by Crippen LogP contribution is -2.39. The summed E-state index contributed by atoms with van der Waals surface area (Å²) < 4.78 is 23.1. The number of nitrogens with one attached hydrogen (secondary N) is 1. The first kappa shape index (κ1) is 22.9. The highest BCUT2D eigenvalue weighted by molar-refractivity contribution is 7.91. The number of aldehydes is 1. The largest absolute Gasteiger partial charge is 0.322 e. The van der Waals surface area contributed by atoms with Crippen molar-refractivity contribution in [1.82, 2.24) is 4.90 Å². The minimum atomic E-state index is -2.88. The third-order valence-corrected chi connectivity index (χ3v) is 7.52. The molecular formula is C26H26N2O4S. The Morgan fingerprint density at radius 3 is 2.27 bits per heavy atom. The average Bonchev–Trinajstić information content (AvgIpc) is 2.82. The van der Waals surface area contributed by atoms with Crippen LogP contribution in [-0.4, -0.2) is 50.1 Å². The van der Waals surface area contributed by atoms with Crippen LogP contribution < -0.4 is 5.32 Å². The topological polar surface area (TPSA) is 83.6 Å². The average molecular weight is 463 g/mol. The maximum Gasteiger partial charge on any atom is 0.255 e.